The molecule has 2 fully saturated rings. The molecule has 2 heterocycles. The molecule has 292 valence electrons. The van der Waals surface area contributed by atoms with Gasteiger partial charge in [0.25, 0.3) is 0 Å². The Bertz CT molecular complexity index is 1750. The van der Waals surface area contributed by atoms with Crippen LogP contribution in [0.5, 0.6) is 23.0 Å². The van der Waals surface area contributed by atoms with Crippen molar-refractivity contribution in [3.05, 3.63) is 71.8 Å². The number of aliphatic hydroxyl groups excluding tert-OH is 2. The molecular weight excluding hydrogens is 688 g/mol. The van der Waals surface area contributed by atoms with E-state index >= 15 is 0 Å². The number of aliphatic hydroxyl groups is 2. The number of fused-ring (bicyclic) bond motifs is 3. The molecule has 7 rings (SSSR count). The molecule has 2 aromatic rings. The lowest BCUT2D eigenvalue weighted by molar-refractivity contribution is -0.258. The van der Waals surface area contributed by atoms with Crippen molar-refractivity contribution in [1.29, 1.82) is 0 Å². The molecule has 2 aliphatic heterocycles. The lowest BCUT2D eigenvalue weighted by atomic mass is 9.55. The third kappa shape index (κ3) is 7.72. The fourth-order valence-corrected chi connectivity index (χ4v) is 8.99. The fourth-order valence-electron chi connectivity index (χ4n) is 8.99. The predicted molar refractivity (Wildman–Crippen MR) is 203 cm³/mol. The van der Waals surface area contributed by atoms with Gasteiger partial charge in [-0.25, -0.2) is 0 Å². The van der Waals surface area contributed by atoms with E-state index in [-0.39, 0.29) is 68.5 Å². The molecule has 2 aromatic carbocycles. The molecule has 0 spiro atoms. The Balaban J connectivity index is 1.44. The van der Waals surface area contributed by atoms with Gasteiger partial charge in [-0.3, -0.25) is 4.79 Å². The minimum Gasteiger partial charge on any atom is -0.508 e. The van der Waals surface area contributed by atoms with Crippen molar-refractivity contribution in [3.8, 4) is 23.0 Å². The number of allylic oxidation sites excluding steroid dienone is 1. The first kappa shape index (κ1) is 38.2. The van der Waals surface area contributed by atoms with E-state index in [0.717, 1.165) is 60.9 Å². The molecule has 0 saturated heterocycles. The highest BCUT2D eigenvalue weighted by atomic mass is 16.7. The van der Waals surface area contributed by atoms with Crippen molar-refractivity contribution >= 4 is 11.6 Å². The van der Waals surface area contributed by atoms with E-state index in [1.807, 2.05) is 56.0 Å². The molecule has 0 bridgehead atoms. The highest BCUT2D eigenvalue weighted by Gasteiger charge is 2.66. The van der Waals surface area contributed by atoms with Crippen molar-refractivity contribution in [2.75, 3.05) is 26.6 Å². The number of unbranched alkanes of at least 4 members (excludes halogenated alkanes) is 2. The monoisotopic (exact) mass is 744 g/mol. The standard InChI is InChI=1S/C43H56N2O9/c1-5-20-52-43-38(45(41(49)28-13-14-28)25-27-12-16-36-37(21-27)51-26-50-36)24-34(44-54-42(2,3)4)32-22-29(10-6-8-18-46)31(11-7-9-19-47)39(40(32)43)33-23-30(48)15-17-35(33)53-43/h5,12,15-17,21-23,28-29,31,38-40,46-48H,1,6-11,13-14,18-20,24-26H2,2-4H3/t29-,31+,38-,39+,40+,43+/m0/s1. The smallest absolute Gasteiger partial charge is 0.239 e. The van der Waals surface area contributed by atoms with E-state index < -0.39 is 23.3 Å². The second kappa shape index (κ2) is 16.0. The first-order chi connectivity index (χ1) is 26.1. The molecule has 0 radical (unpaired) electrons. The van der Waals surface area contributed by atoms with Crippen LogP contribution in [0, 0.1) is 23.7 Å². The molecule has 6 atom stereocenters. The van der Waals surface area contributed by atoms with Gasteiger partial charge < -0.3 is 44.0 Å². The number of ether oxygens (including phenoxy) is 4. The number of rotatable bonds is 16. The quantitative estimate of drug-likeness (QED) is 0.0943. The van der Waals surface area contributed by atoms with E-state index in [1.54, 1.807) is 12.1 Å². The van der Waals surface area contributed by atoms with Crippen LogP contribution in [0.1, 0.15) is 95.6 Å². The van der Waals surface area contributed by atoms with Gasteiger partial charge in [0.15, 0.2) is 11.5 Å². The Labute approximate surface area is 318 Å². The molecule has 2 saturated carbocycles. The number of hydrogen-bond donors (Lipinski definition) is 3. The second-order valence-electron chi connectivity index (χ2n) is 16.4. The maximum absolute atomic E-state index is 14.7. The average Bonchev–Trinajstić information content (AvgIpc) is 3.90. The number of carbonyl (C=O) groups excluding carboxylic acids is 1. The lowest BCUT2D eigenvalue weighted by Gasteiger charge is -2.60. The van der Waals surface area contributed by atoms with Crippen LogP contribution in [0.15, 0.2) is 65.9 Å². The van der Waals surface area contributed by atoms with E-state index in [4.69, 9.17) is 28.9 Å². The van der Waals surface area contributed by atoms with Gasteiger partial charge in [-0.1, -0.05) is 36.2 Å². The number of hydrogen-bond acceptors (Lipinski definition) is 10. The fraction of sp³-hybridized carbons (Fsp3) is 0.581. The molecule has 0 aromatic heterocycles. The summed E-state index contributed by atoms with van der Waals surface area (Å²) in [6.45, 7) is 10.8. The molecule has 1 amide bonds. The number of carbonyl (C=O) groups is 1. The van der Waals surface area contributed by atoms with Crippen molar-refractivity contribution in [2.24, 2.45) is 28.8 Å². The molecular formula is C43H56N2O9. The third-order valence-corrected chi connectivity index (χ3v) is 11.5. The zero-order valence-corrected chi connectivity index (χ0v) is 31.9. The van der Waals surface area contributed by atoms with Gasteiger partial charge in [-0.2, -0.15) is 0 Å². The van der Waals surface area contributed by atoms with Crippen LogP contribution in [0.2, 0.25) is 0 Å². The van der Waals surface area contributed by atoms with Crippen LogP contribution >= 0.6 is 0 Å². The summed E-state index contributed by atoms with van der Waals surface area (Å²) >= 11 is 0. The molecule has 11 heteroatoms. The van der Waals surface area contributed by atoms with E-state index in [0.29, 0.717) is 36.5 Å². The molecule has 11 nitrogen and oxygen atoms in total. The summed E-state index contributed by atoms with van der Waals surface area (Å²) in [5, 5.41) is 35.5. The second-order valence-corrected chi connectivity index (χ2v) is 16.4. The predicted octanol–water partition coefficient (Wildman–Crippen LogP) is 6.99. The number of phenolic OH excluding ortho intramolecular Hbond substituents is 1. The van der Waals surface area contributed by atoms with E-state index in [1.165, 1.54) is 0 Å². The van der Waals surface area contributed by atoms with Crippen molar-refractivity contribution < 1.29 is 43.9 Å². The first-order valence-electron chi connectivity index (χ1n) is 19.7. The molecule has 3 aliphatic carbocycles. The summed E-state index contributed by atoms with van der Waals surface area (Å²) in [5.41, 5.74) is 2.92. The number of phenols is 1. The van der Waals surface area contributed by atoms with Gasteiger partial charge in [0, 0.05) is 43.6 Å². The Morgan fingerprint density at radius 1 is 1.02 bits per heavy atom. The number of benzene rings is 2. The van der Waals surface area contributed by atoms with Gasteiger partial charge in [-0.15, -0.1) is 6.58 Å². The van der Waals surface area contributed by atoms with Gasteiger partial charge in [0.2, 0.25) is 18.5 Å². The molecule has 0 unspecified atom stereocenters. The number of aromatic hydroxyl groups is 1. The maximum Gasteiger partial charge on any atom is 0.239 e. The first-order valence-corrected chi connectivity index (χ1v) is 19.7. The highest BCUT2D eigenvalue weighted by Crippen LogP contribution is 2.62. The summed E-state index contributed by atoms with van der Waals surface area (Å²) in [5.74, 6) is 0.189. The van der Waals surface area contributed by atoms with Crippen molar-refractivity contribution in [2.45, 2.75) is 108 Å². The van der Waals surface area contributed by atoms with Gasteiger partial charge in [0.1, 0.15) is 23.1 Å². The Kier molecular flexibility index (Phi) is 11.3. The minimum absolute atomic E-state index is 0.0385. The zero-order chi connectivity index (χ0) is 38.0. The highest BCUT2D eigenvalue weighted by molar-refractivity contribution is 6.03. The van der Waals surface area contributed by atoms with Crippen LogP contribution < -0.4 is 14.2 Å². The van der Waals surface area contributed by atoms with Gasteiger partial charge in [0.05, 0.1) is 18.2 Å². The van der Waals surface area contributed by atoms with E-state index in [9.17, 15) is 20.1 Å². The van der Waals surface area contributed by atoms with Gasteiger partial charge in [-0.05, 0) is 113 Å². The number of amides is 1. The maximum atomic E-state index is 14.7. The molecule has 5 aliphatic rings. The van der Waals surface area contributed by atoms with Crippen molar-refractivity contribution in [3.63, 3.8) is 0 Å². The van der Waals surface area contributed by atoms with Crippen LogP contribution in [0.3, 0.4) is 0 Å². The van der Waals surface area contributed by atoms with Crippen LogP contribution in [0.4, 0.5) is 0 Å². The zero-order valence-electron chi connectivity index (χ0n) is 31.9. The van der Waals surface area contributed by atoms with Gasteiger partial charge >= 0.3 is 0 Å². The summed E-state index contributed by atoms with van der Waals surface area (Å²) < 4.78 is 25.6. The Hall–Kier alpha value is -4.06. The van der Waals surface area contributed by atoms with Crippen LogP contribution in [0.25, 0.3) is 0 Å². The summed E-state index contributed by atoms with van der Waals surface area (Å²) in [6.07, 6.45) is 10.7. The lowest BCUT2D eigenvalue weighted by Crippen LogP contribution is -2.70. The summed E-state index contributed by atoms with van der Waals surface area (Å²) in [7, 11) is 0. The molecule has 3 N–H and O–H groups in total. The number of nitrogens with zero attached hydrogens (tertiary/aromatic N) is 2. The average molecular weight is 745 g/mol. The van der Waals surface area contributed by atoms with Crippen molar-refractivity contribution in [1.82, 2.24) is 4.90 Å². The van der Waals surface area contributed by atoms with E-state index in [2.05, 4.69) is 12.7 Å². The normalized spacial score (nSPS) is 27.4. The SMILES string of the molecule is C=CCO[C@@]12Oc3ccc(O)cc3[C@H]3[C@H](CCCCO)[C@@H](CCCCO)C=C(C(=NOC(C)(C)C)C[C@@H]1N(Cc1ccc4c(c1)OCO4)C(=O)C1CC1)[C@H]32. The largest absolute Gasteiger partial charge is 0.508 e. The van der Waals surface area contributed by atoms with Crippen LogP contribution in [-0.4, -0.2) is 75.9 Å². The topological polar surface area (TPSA) is 140 Å². The number of oxime groups is 1. The minimum atomic E-state index is -1.36. The third-order valence-electron chi connectivity index (χ3n) is 11.5. The summed E-state index contributed by atoms with van der Waals surface area (Å²) in [6, 6.07) is 10.4. The Morgan fingerprint density at radius 3 is 2.48 bits per heavy atom. The van der Waals surface area contributed by atoms with Crippen LogP contribution in [-0.2, 0) is 20.9 Å². The molecule has 54 heavy (non-hydrogen) atoms. The summed E-state index contributed by atoms with van der Waals surface area (Å²) in [4.78, 5) is 22.9. The Morgan fingerprint density at radius 2 is 1.76 bits per heavy atom.